The fourth-order valence-electron chi connectivity index (χ4n) is 4.28. The van der Waals surface area contributed by atoms with Crippen LogP contribution < -0.4 is 15.5 Å². The largest absolute Gasteiger partial charge is 0.378 e. The van der Waals surface area contributed by atoms with Crippen LogP contribution >= 0.6 is 0 Å². The molecule has 2 heterocycles. The van der Waals surface area contributed by atoms with Crippen molar-refractivity contribution in [1.29, 1.82) is 0 Å². The fraction of sp³-hybridized carbons (Fsp3) is 0.667. The summed E-state index contributed by atoms with van der Waals surface area (Å²) in [5.41, 5.74) is 1.98. The maximum absolute atomic E-state index is 12.5. The van der Waals surface area contributed by atoms with Crippen molar-refractivity contribution in [2.45, 2.75) is 52.0 Å². The van der Waals surface area contributed by atoms with Gasteiger partial charge in [-0.3, -0.25) is 14.5 Å². The minimum Gasteiger partial charge on any atom is -0.378 e. The van der Waals surface area contributed by atoms with Crippen molar-refractivity contribution in [2.24, 2.45) is 5.92 Å². The second-order valence-corrected chi connectivity index (χ2v) is 8.71. The Balaban J connectivity index is 1.43. The number of nitrogens with zero attached hydrogens (tertiary/aromatic N) is 2. The van der Waals surface area contributed by atoms with E-state index in [-0.39, 0.29) is 17.7 Å². The number of amides is 2. The Morgan fingerprint density at radius 1 is 1.13 bits per heavy atom. The molecular weight excluding hydrogens is 392 g/mol. The molecule has 0 aliphatic carbocycles. The molecule has 1 aromatic rings. The van der Waals surface area contributed by atoms with Crippen molar-refractivity contribution in [1.82, 2.24) is 10.2 Å². The van der Waals surface area contributed by atoms with E-state index in [9.17, 15) is 9.59 Å². The molecule has 0 radical (unpaired) electrons. The lowest BCUT2D eigenvalue weighted by molar-refractivity contribution is -0.127. The maximum atomic E-state index is 12.5. The molecule has 2 atom stereocenters. The molecule has 2 aliphatic rings. The Morgan fingerprint density at radius 3 is 2.58 bits per heavy atom. The first-order valence-electron chi connectivity index (χ1n) is 11.8. The average molecular weight is 431 g/mol. The molecule has 0 saturated carbocycles. The number of nitrogens with one attached hydrogen (secondary N) is 2. The summed E-state index contributed by atoms with van der Waals surface area (Å²) < 4.78 is 5.40. The van der Waals surface area contributed by atoms with E-state index in [4.69, 9.17) is 4.74 Å². The van der Waals surface area contributed by atoms with Gasteiger partial charge in [0.1, 0.15) is 0 Å². The summed E-state index contributed by atoms with van der Waals surface area (Å²) >= 11 is 0. The molecule has 2 saturated heterocycles. The van der Waals surface area contributed by atoms with Gasteiger partial charge in [0.25, 0.3) is 0 Å². The number of rotatable bonds is 9. The maximum Gasteiger partial charge on any atom is 0.225 e. The highest BCUT2D eigenvalue weighted by molar-refractivity contribution is 5.91. The number of anilines is 2. The lowest BCUT2D eigenvalue weighted by atomic mass is 9.92. The quantitative estimate of drug-likeness (QED) is 0.590. The van der Waals surface area contributed by atoms with Crippen molar-refractivity contribution in [2.75, 3.05) is 56.2 Å². The number of benzene rings is 1. The van der Waals surface area contributed by atoms with Gasteiger partial charge in [0, 0.05) is 56.6 Å². The van der Waals surface area contributed by atoms with Crippen LogP contribution in [0.25, 0.3) is 0 Å². The molecule has 7 heteroatoms. The van der Waals surface area contributed by atoms with Crippen molar-refractivity contribution in [3.05, 3.63) is 24.3 Å². The predicted octanol–water partition coefficient (Wildman–Crippen LogP) is 2.87. The number of ether oxygens (including phenoxy) is 1. The molecule has 1 aromatic carbocycles. The van der Waals surface area contributed by atoms with Crippen molar-refractivity contribution in [3.63, 3.8) is 0 Å². The first-order valence-corrected chi connectivity index (χ1v) is 11.8. The number of morpholine rings is 1. The summed E-state index contributed by atoms with van der Waals surface area (Å²) in [6, 6.07) is 8.43. The highest BCUT2D eigenvalue weighted by atomic mass is 16.5. The van der Waals surface area contributed by atoms with E-state index in [1.165, 1.54) is 0 Å². The minimum absolute atomic E-state index is 0.0147. The third kappa shape index (κ3) is 7.21. The van der Waals surface area contributed by atoms with Gasteiger partial charge in [-0.15, -0.1) is 0 Å². The van der Waals surface area contributed by atoms with Gasteiger partial charge in [-0.25, -0.2) is 0 Å². The smallest absolute Gasteiger partial charge is 0.225 e. The van der Waals surface area contributed by atoms with E-state index < -0.39 is 0 Å². The van der Waals surface area contributed by atoms with E-state index in [0.29, 0.717) is 19.0 Å². The molecule has 0 bridgehead atoms. The number of hydrogen-bond acceptors (Lipinski definition) is 5. The van der Waals surface area contributed by atoms with Gasteiger partial charge in [-0.1, -0.05) is 13.3 Å². The summed E-state index contributed by atoms with van der Waals surface area (Å²) in [5, 5.41) is 6.07. The molecule has 7 nitrogen and oxygen atoms in total. The molecule has 2 amide bonds. The minimum atomic E-state index is 0.0147. The monoisotopic (exact) mass is 430 g/mol. The summed E-state index contributed by atoms with van der Waals surface area (Å²) in [4.78, 5) is 29.5. The van der Waals surface area contributed by atoms with Crippen LogP contribution in [0.15, 0.2) is 24.3 Å². The topological polar surface area (TPSA) is 73.9 Å². The van der Waals surface area contributed by atoms with Crippen LogP contribution in [0, 0.1) is 5.92 Å². The molecule has 172 valence electrons. The molecule has 2 fully saturated rings. The number of hydrogen-bond donors (Lipinski definition) is 2. The van der Waals surface area contributed by atoms with E-state index in [2.05, 4.69) is 46.4 Å². The zero-order valence-corrected chi connectivity index (χ0v) is 19.1. The Bertz CT molecular complexity index is 703. The Labute approximate surface area is 186 Å². The number of unbranched alkanes of at least 4 members (excludes halogenated alkanes) is 1. The number of carbonyl (C=O) groups is 2. The Hall–Kier alpha value is -2.12. The highest BCUT2D eigenvalue weighted by Gasteiger charge is 2.29. The molecule has 2 aliphatic heterocycles. The van der Waals surface area contributed by atoms with Gasteiger partial charge < -0.3 is 20.3 Å². The number of carbonyl (C=O) groups excluding carboxylic acids is 2. The second kappa shape index (κ2) is 12.1. The number of likely N-dealkylation sites (tertiary alicyclic amines) is 1. The predicted molar refractivity (Wildman–Crippen MR) is 124 cm³/mol. The summed E-state index contributed by atoms with van der Waals surface area (Å²) in [6.07, 6.45) is 4.46. The molecule has 2 unspecified atom stereocenters. The Kier molecular flexibility index (Phi) is 9.15. The molecule has 2 N–H and O–H groups in total. The third-order valence-corrected chi connectivity index (χ3v) is 6.36. The number of piperidine rings is 1. The van der Waals surface area contributed by atoms with Crippen molar-refractivity contribution < 1.29 is 14.3 Å². The van der Waals surface area contributed by atoms with Gasteiger partial charge in [-0.2, -0.15) is 0 Å². The molecule has 31 heavy (non-hydrogen) atoms. The summed E-state index contributed by atoms with van der Waals surface area (Å²) in [7, 11) is 0. The normalized spacial score (nSPS) is 22.2. The van der Waals surface area contributed by atoms with Gasteiger partial charge in [-0.05, 0) is 50.5 Å². The third-order valence-electron chi connectivity index (χ3n) is 6.36. The van der Waals surface area contributed by atoms with Crippen LogP contribution in [0.5, 0.6) is 0 Å². The summed E-state index contributed by atoms with van der Waals surface area (Å²) in [5.74, 6) is 0.208. The van der Waals surface area contributed by atoms with Crippen molar-refractivity contribution in [3.8, 4) is 0 Å². The van der Waals surface area contributed by atoms with E-state index in [1.807, 2.05) is 12.1 Å². The lowest BCUT2D eigenvalue weighted by Crippen LogP contribution is -2.47. The highest BCUT2D eigenvalue weighted by Crippen LogP contribution is 2.23. The molecule has 3 rings (SSSR count). The van der Waals surface area contributed by atoms with Crippen LogP contribution in [0.1, 0.15) is 46.0 Å². The zero-order chi connectivity index (χ0) is 22.1. The van der Waals surface area contributed by atoms with E-state index >= 15 is 0 Å². The lowest BCUT2D eigenvalue weighted by Gasteiger charge is -2.37. The summed E-state index contributed by atoms with van der Waals surface area (Å²) in [6.45, 7) is 9.80. The zero-order valence-electron chi connectivity index (χ0n) is 19.1. The van der Waals surface area contributed by atoms with Gasteiger partial charge in [0.15, 0.2) is 0 Å². The average Bonchev–Trinajstić information content (AvgIpc) is 2.79. The van der Waals surface area contributed by atoms with Gasteiger partial charge >= 0.3 is 0 Å². The second-order valence-electron chi connectivity index (χ2n) is 8.71. The standard InChI is InChI=1S/C24H38N4O3/c1-3-4-12-25-24(30)20-6-5-19(2)28(18-20)13-11-23(29)26-21-7-9-22(10-8-21)27-14-16-31-17-15-27/h7-10,19-20H,3-6,11-18H2,1-2H3,(H,25,30)(H,26,29). The molecule has 0 aromatic heterocycles. The molecule has 0 spiro atoms. The molecular formula is C24H38N4O3. The fourth-order valence-corrected chi connectivity index (χ4v) is 4.28. The van der Waals surface area contributed by atoms with Crippen LogP contribution in [0.4, 0.5) is 11.4 Å². The SMILES string of the molecule is CCCCNC(=O)C1CCC(C)N(CCC(=O)Nc2ccc(N3CCOCC3)cc2)C1. The first kappa shape index (κ1) is 23.5. The first-order chi connectivity index (χ1) is 15.1. The van der Waals surface area contributed by atoms with Crippen molar-refractivity contribution >= 4 is 23.2 Å². The van der Waals surface area contributed by atoms with Crippen LogP contribution in [-0.4, -0.2) is 68.7 Å². The van der Waals surface area contributed by atoms with Gasteiger partial charge in [0.05, 0.1) is 19.1 Å². The van der Waals surface area contributed by atoms with Crippen LogP contribution in [-0.2, 0) is 14.3 Å². The van der Waals surface area contributed by atoms with E-state index in [0.717, 1.165) is 76.5 Å². The van der Waals surface area contributed by atoms with E-state index in [1.54, 1.807) is 0 Å². The Morgan fingerprint density at radius 2 is 1.87 bits per heavy atom. The van der Waals surface area contributed by atoms with Gasteiger partial charge in [0.2, 0.25) is 11.8 Å². The van der Waals surface area contributed by atoms with Crippen LogP contribution in [0.3, 0.4) is 0 Å². The van der Waals surface area contributed by atoms with Crippen LogP contribution in [0.2, 0.25) is 0 Å².